The van der Waals surface area contributed by atoms with E-state index >= 15 is 0 Å². The molecular formula is C27H22Cl2F3NO3. The monoisotopic (exact) mass is 535 g/mol. The molecule has 0 aromatic heterocycles. The number of hydrogen-bond donors (Lipinski definition) is 1. The van der Waals surface area contributed by atoms with Crippen LogP contribution in [0.5, 0.6) is 0 Å². The van der Waals surface area contributed by atoms with Crippen LogP contribution in [0.15, 0.2) is 72.8 Å². The lowest BCUT2D eigenvalue weighted by molar-refractivity contribution is -0.160. The van der Waals surface area contributed by atoms with Gasteiger partial charge in [0.25, 0.3) is 5.91 Å². The number of nitrogens with one attached hydrogen (secondary N) is 1. The molecular weight excluding hydrogens is 514 g/mol. The molecule has 3 aromatic carbocycles. The molecule has 0 aliphatic heterocycles. The number of rotatable bonds is 6. The molecule has 9 heteroatoms. The van der Waals surface area contributed by atoms with Crippen molar-refractivity contribution in [3.63, 3.8) is 0 Å². The first-order valence-electron chi connectivity index (χ1n) is 11.3. The Balaban J connectivity index is 1.67. The summed E-state index contributed by atoms with van der Waals surface area (Å²) in [5, 5.41) is 2.68. The van der Waals surface area contributed by atoms with Crippen molar-refractivity contribution in [2.75, 3.05) is 5.32 Å². The SMILES string of the molecule is O=C(Nc1ccc(Cl)cc1C(F)(F)F)[C@@H](OC(=O)C1(c2ccc(Cl)cc2)CCCC1)c1ccccc1. The minimum absolute atomic E-state index is 0.127. The van der Waals surface area contributed by atoms with Crippen LogP contribution in [-0.4, -0.2) is 11.9 Å². The summed E-state index contributed by atoms with van der Waals surface area (Å²) >= 11 is 11.8. The quantitative estimate of drug-likeness (QED) is 0.328. The molecule has 1 N–H and O–H groups in total. The van der Waals surface area contributed by atoms with Crippen LogP contribution in [-0.2, 0) is 25.9 Å². The van der Waals surface area contributed by atoms with Gasteiger partial charge in [-0.05, 0) is 48.7 Å². The zero-order valence-electron chi connectivity index (χ0n) is 18.9. The lowest BCUT2D eigenvalue weighted by Gasteiger charge is -2.30. The minimum Gasteiger partial charge on any atom is -0.447 e. The first-order valence-corrected chi connectivity index (χ1v) is 12.1. The van der Waals surface area contributed by atoms with Crippen LogP contribution in [0.4, 0.5) is 18.9 Å². The highest BCUT2D eigenvalue weighted by molar-refractivity contribution is 6.31. The van der Waals surface area contributed by atoms with Gasteiger partial charge in [-0.2, -0.15) is 13.2 Å². The molecule has 0 spiro atoms. The molecule has 0 bridgehead atoms. The molecule has 3 aromatic rings. The van der Waals surface area contributed by atoms with Crippen LogP contribution >= 0.6 is 23.2 Å². The molecule has 0 unspecified atom stereocenters. The van der Waals surface area contributed by atoms with E-state index in [2.05, 4.69) is 5.32 Å². The molecule has 4 rings (SSSR count). The Morgan fingerprint density at radius 1 is 0.889 bits per heavy atom. The van der Waals surface area contributed by atoms with Gasteiger partial charge in [-0.25, -0.2) is 0 Å². The summed E-state index contributed by atoms with van der Waals surface area (Å²) in [6, 6.07) is 18.1. The van der Waals surface area contributed by atoms with Gasteiger partial charge in [0.2, 0.25) is 6.10 Å². The van der Waals surface area contributed by atoms with Crippen molar-refractivity contribution in [1.82, 2.24) is 0 Å². The van der Waals surface area contributed by atoms with E-state index in [1.54, 1.807) is 54.6 Å². The molecule has 36 heavy (non-hydrogen) atoms. The molecule has 0 saturated heterocycles. The maximum atomic E-state index is 13.6. The molecule has 1 amide bonds. The summed E-state index contributed by atoms with van der Waals surface area (Å²) in [6.07, 6.45) is -3.60. The highest BCUT2D eigenvalue weighted by Crippen LogP contribution is 2.44. The second kappa shape index (κ2) is 10.5. The van der Waals surface area contributed by atoms with E-state index in [0.29, 0.717) is 23.4 Å². The number of amides is 1. The van der Waals surface area contributed by atoms with Gasteiger partial charge >= 0.3 is 12.1 Å². The van der Waals surface area contributed by atoms with Gasteiger partial charge in [-0.1, -0.05) is 78.5 Å². The van der Waals surface area contributed by atoms with Gasteiger partial charge in [0.15, 0.2) is 0 Å². The van der Waals surface area contributed by atoms with Crippen molar-refractivity contribution in [1.29, 1.82) is 0 Å². The summed E-state index contributed by atoms with van der Waals surface area (Å²) in [5.41, 5.74) is -1.51. The number of ether oxygens (including phenoxy) is 1. The van der Waals surface area contributed by atoms with Crippen molar-refractivity contribution in [2.45, 2.75) is 43.4 Å². The van der Waals surface area contributed by atoms with Gasteiger partial charge in [0.05, 0.1) is 16.7 Å². The Kier molecular flexibility index (Phi) is 7.62. The highest BCUT2D eigenvalue weighted by Gasteiger charge is 2.46. The Morgan fingerprint density at radius 3 is 2.11 bits per heavy atom. The topological polar surface area (TPSA) is 55.4 Å². The first kappa shape index (κ1) is 26.0. The average Bonchev–Trinajstić information content (AvgIpc) is 3.35. The second-order valence-electron chi connectivity index (χ2n) is 8.67. The summed E-state index contributed by atoms with van der Waals surface area (Å²) in [7, 11) is 0. The van der Waals surface area contributed by atoms with Crippen molar-refractivity contribution in [3.05, 3.63) is 99.5 Å². The fraction of sp³-hybridized carbons (Fsp3) is 0.259. The number of esters is 1. The molecule has 188 valence electrons. The van der Waals surface area contributed by atoms with E-state index in [9.17, 15) is 22.8 Å². The Morgan fingerprint density at radius 2 is 1.50 bits per heavy atom. The van der Waals surface area contributed by atoms with Crippen molar-refractivity contribution >= 4 is 40.8 Å². The summed E-state index contributed by atoms with van der Waals surface area (Å²) in [5.74, 6) is -1.52. The fourth-order valence-corrected chi connectivity index (χ4v) is 4.84. The third-order valence-electron chi connectivity index (χ3n) is 6.35. The average molecular weight is 536 g/mol. The van der Waals surface area contributed by atoms with Gasteiger partial charge < -0.3 is 10.1 Å². The molecule has 1 aliphatic rings. The molecule has 0 heterocycles. The number of carbonyl (C=O) groups is 2. The minimum atomic E-state index is -4.76. The third kappa shape index (κ3) is 5.52. The Hall–Kier alpha value is -3.03. The molecule has 4 nitrogen and oxygen atoms in total. The van der Waals surface area contributed by atoms with E-state index in [-0.39, 0.29) is 5.02 Å². The number of alkyl halides is 3. The largest absolute Gasteiger partial charge is 0.447 e. The first-order chi connectivity index (χ1) is 17.1. The molecule has 1 saturated carbocycles. The normalized spacial score (nSPS) is 15.8. The molecule has 0 radical (unpaired) electrons. The van der Waals surface area contributed by atoms with E-state index < -0.39 is 40.8 Å². The predicted octanol–water partition coefficient (Wildman–Crippen LogP) is 7.75. The van der Waals surface area contributed by atoms with Gasteiger partial charge in [0, 0.05) is 15.6 Å². The van der Waals surface area contributed by atoms with Crippen LogP contribution in [0.25, 0.3) is 0 Å². The number of carbonyl (C=O) groups excluding carboxylic acids is 2. The number of halogens is 5. The van der Waals surface area contributed by atoms with Gasteiger partial charge in [0.1, 0.15) is 0 Å². The fourth-order valence-electron chi connectivity index (χ4n) is 4.54. The lowest BCUT2D eigenvalue weighted by atomic mass is 9.79. The van der Waals surface area contributed by atoms with Crippen molar-refractivity contribution in [3.8, 4) is 0 Å². The summed E-state index contributed by atoms with van der Waals surface area (Å²) in [6.45, 7) is 0. The lowest BCUT2D eigenvalue weighted by Crippen LogP contribution is -2.38. The van der Waals surface area contributed by atoms with Crippen LogP contribution in [0.3, 0.4) is 0 Å². The number of anilines is 1. The van der Waals surface area contributed by atoms with Crippen LogP contribution < -0.4 is 5.32 Å². The zero-order valence-corrected chi connectivity index (χ0v) is 20.5. The van der Waals surface area contributed by atoms with Crippen LogP contribution in [0.2, 0.25) is 10.0 Å². The molecule has 1 aliphatic carbocycles. The molecule has 1 fully saturated rings. The Bertz CT molecular complexity index is 1240. The van der Waals surface area contributed by atoms with Gasteiger partial charge in [-0.3, -0.25) is 9.59 Å². The third-order valence-corrected chi connectivity index (χ3v) is 6.84. The number of hydrogen-bond acceptors (Lipinski definition) is 3. The zero-order chi connectivity index (χ0) is 25.9. The van der Waals surface area contributed by atoms with E-state index in [1.807, 2.05) is 0 Å². The standard InChI is InChI=1S/C27H22Cl2F3NO3/c28-19-10-8-18(9-11-19)26(14-4-5-15-26)25(35)36-23(17-6-2-1-3-7-17)24(34)33-22-13-12-20(29)16-21(22)27(30,31)32/h1-3,6-13,16,23H,4-5,14-15H2,(H,33,34)/t23-/m0/s1. The summed E-state index contributed by atoms with van der Waals surface area (Å²) in [4.78, 5) is 26.9. The smallest absolute Gasteiger partial charge is 0.418 e. The maximum absolute atomic E-state index is 13.6. The van der Waals surface area contributed by atoms with Gasteiger partial charge in [-0.15, -0.1) is 0 Å². The Labute approximate surface area is 216 Å². The highest BCUT2D eigenvalue weighted by atomic mass is 35.5. The molecule has 1 atom stereocenters. The predicted molar refractivity (Wildman–Crippen MR) is 132 cm³/mol. The van der Waals surface area contributed by atoms with E-state index in [4.69, 9.17) is 27.9 Å². The van der Waals surface area contributed by atoms with Crippen LogP contribution in [0, 0.1) is 0 Å². The second-order valence-corrected chi connectivity index (χ2v) is 9.54. The number of benzene rings is 3. The van der Waals surface area contributed by atoms with Crippen molar-refractivity contribution in [2.24, 2.45) is 0 Å². The van der Waals surface area contributed by atoms with Crippen molar-refractivity contribution < 1.29 is 27.5 Å². The van der Waals surface area contributed by atoms with E-state index in [0.717, 1.165) is 30.5 Å². The van der Waals surface area contributed by atoms with E-state index in [1.165, 1.54) is 6.07 Å². The summed E-state index contributed by atoms with van der Waals surface area (Å²) < 4.78 is 46.5. The maximum Gasteiger partial charge on any atom is 0.418 e. The van der Waals surface area contributed by atoms with Crippen LogP contribution in [0.1, 0.15) is 48.5 Å².